The van der Waals surface area contributed by atoms with E-state index < -0.39 is 23.6 Å². The van der Waals surface area contributed by atoms with Crippen molar-refractivity contribution in [2.75, 3.05) is 5.32 Å². The Kier molecular flexibility index (Phi) is 5.86. The standard InChI is InChI=1S/C20H17F3N4O3/c1-11-4-3-5-24-16(11)9-25-18(28)13-6-14(20(21,22)23)8-15(7-13)27-19(29)17-12(2)26-10-30-17/h3-8,10H,9H2,1-2H3,(H,25,28)(H,27,29). The Morgan fingerprint density at radius 3 is 2.50 bits per heavy atom. The minimum Gasteiger partial charge on any atom is -0.438 e. The molecule has 0 radical (unpaired) electrons. The number of benzene rings is 1. The summed E-state index contributed by atoms with van der Waals surface area (Å²) in [6.07, 6.45) is -2.11. The highest BCUT2D eigenvalue weighted by Crippen LogP contribution is 2.32. The Hall–Kier alpha value is -3.69. The second kappa shape index (κ2) is 8.36. The summed E-state index contributed by atoms with van der Waals surface area (Å²) < 4.78 is 44.9. The average Bonchev–Trinajstić information content (AvgIpc) is 3.12. The summed E-state index contributed by atoms with van der Waals surface area (Å²) in [5.41, 5.74) is 0.161. The van der Waals surface area contributed by atoms with E-state index in [1.54, 1.807) is 25.3 Å². The molecule has 2 aromatic heterocycles. The Bertz CT molecular complexity index is 1090. The molecule has 10 heteroatoms. The van der Waals surface area contributed by atoms with Crippen molar-refractivity contribution in [2.24, 2.45) is 0 Å². The van der Waals surface area contributed by atoms with Crippen LogP contribution in [0.15, 0.2) is 47.3 Å². The largest absolute Gasteiger partial charge is 0.438 e. The number of carbonyl (C=O) groups excluding carboxylic acids is 2. The monoisotopic (exact) mass is 418 g/mol. The van der Waals surface area contributed by atoms with Crippen LogP contribution < -0.4 is 10.6 Å². The van der Waals surface area contributed by atoms with E-state index in [4.69, 9.17) is 4.42 Å². The van der Waals surface area contributed by atoms with Crippen molar-refractivity contribution in [1.82, 2.24) is 15.3 Å². The van der Waals surface area contributed by atoms with E-state index in [0.29, 0.717) is 5.69 Å². The lowest BCUT2D eigenvalue weighted by atomic mass is 10.1. The molecule has 0 aliphatic heterocycles. The molecule has 156 valence electrons. The number of nitrogens with one attached hydrogen (secondary N) is 2. The molecule has 0 aliphatic rings. The first-order chi connectivity index (χ1) is 14.1. The van der Waals surface area contributed by atoms with E-state index in [1.807, 2.05) is 0 Å². The molecule has 0 saturated heterocycles. The van der Waals surface area contributed by atoms with Crippen molar-refractivity contribution in [2.45, 2.75) is 26.6 Å². The van der Waals surface area contributed by atoms with Gasteiger partial charge >= 0.3 is 6.18 Å². The average molecular weight is 418 g/mol. The first-order valence-electron chi connectivity index (χ1n) is 8.77. The van der Waals surface area contributed by atoms with Crippen molar-refractivity contribution in [3.05, 3.63) is 76.8 Å². The smallest absolute Gasteiger partial charge is 0.416 e. The number of pyridine rings is 1. The number of nitrogens with zero attached hydrogens (tertiary/aromatic N) is 2. The fraction of sp³-hybridized carbons (Fsp3) is 0.200. The Balaban J connectivity index is 1.85. The van der Waals surface area contributed by atoms with Crippen molar-refractivity contribution < 1.29 is 27.2 Å². The van der Waals surface area contributed by atoms with Gasteiger partial charge in [0.25, 0.3) is 11.8 Å². The summed E-state index contributed by atoms with van der Waals surface area (Å²) in [4.78, 5) is 32.6. The molecule has 2 amide bonds. The molecule has 7 nitrogen and oxygen atoms in total. The third-order valence-electron chi connectivity index (χ3n) is 4.27. The van der Waals surface area contributed by atoms with Crippen LogP contribution in [0.5, 0.6) is 0 Å². The van der Waals surface area contributed by atoms with Crippen LogP contribution in [-0.2, 0) is 12.7 Å². The van der Waals surface area contributed by atoms with Crippen LogP contribution in [0.25, 0.3) is 0 Å². The Labute approximate surface area is 169 Å². The summed E-state index contributed by atoms with van der Waals surface area (Å²) in [6, 6.07) is 6.15. The maximum atomic E-state index is 13.3. The number of aromatic nitrogens is 2. The summed E-state index contributed by atoms with van der Waals surface area (Å²) in [5, 5.41) is 4.85. The van der Waals surface area contributed by atoms with Gasteiger partial charge in [-0.05, 0) is 43.7 Å². The van der Waals surface area contributed by atoms with Crippen LogP contribution in [0.3, 0.4) is 0 Å². The maximum Gasteiger partial charge on any atom is 0.416 e. The lowest BCUT2D eigenvalue weighted by Gasteiger charge is -2.13. The van der Waals surface area contributed by atoms with Crippen LogP contribution in [0.1, 0.15) is 43.4 Å². The van der Waals surface area contributed by atoms with Gasteiger partial charge in [0, 0.05) is 17.4 Å². The summed E-state index contributed by atoms with van der Waals surface area (Å²) in [6.45, 7) is 3.36. The lowest BCUT2D eigenvalue weighted by molar-refractivity contribution is -0.137. The zero-order chi connectivity index (χ0) is 21.9. The number of aryl methyl sites for hydroxylation is 2. The van der Waals surface area contributed by atoms with Crippen LogP contribution >= 0.6 is 0 Å². The molecule has 0 spiro atoms. The molecule has 0 atom stereocenters. The van der Waals surface area contributed by atoms with E-state index in [2.05, 4.69) is 20.6 Å². The van der Waals surface area contributed by atoms with Crippen molar-refractivity contribution in [3.8, 4) is 0 Å². The van der Waals surface area contributed by atoms with Gasteiger partial charge in [0.2, 0.25) is 5.76 Å². The van der Waals surface area contributed by atoms with E-state index in [1.165, 1.54) is 6.92 Å². The zero-order valence-electron chi connectivity index (χ0n) is 16.0. The predicted octanol–water partition coefficient (Wildman–Crippen LogP) is 3.89. The Morgan fingerprint density at radius 2 is 1.87 bits per heavy atom. The highest BCUT2D eigenvalue weighted by Gasteiger charge is 2.32. The van der Waals surface area contributed by atoms with Gasteiger partial charge in [-0.15, -0.1) is 0 Å². The van der Waals surface area contributed by atoms with Gasteiger partial charge in [0.1, 0.15) is 0 Å². The van der Waals surface area contributed by atoms with Crippen LogP contribution in [-0.4, -0.2) is 21.8 Å². The quantitative estimate of drug-likeness (QED) is 0.655. The molecule has 0 fully saturated rings. The lowest BCUT2D eigenvalue weighted by Crippen LogP contribution is -2.24. The van der Waals surface area contributed by atoms with E-state index >= 15 is 0 Å². The Morgan fingerprint density at radius 1 is 1.10 bits per heavy atom. The first-order valence-corrected chi connectivity index (χ1v) is 8.77. The SMILES string of the molecule is Cc1cccnc1CNC(=O)c1cc(NC(=O)c2ocnc2C)cc(C(F)(F)F)c1. The predicted molar refractivity (Wildman–Crippen MR) is 101 cm³/mol. The minimum absolute atomic E-state index is 0.0424. The van der Waals surface area contributed by atoms with Crippen LogP contribution in [0.4, 0.5) is 18.9 Å². The van der Waals surface area contributed by atoms with Gasteiger partial charge < -0.3 is 15.1 Å². The number of amides is 2. The summed E-state index contributed by atoms with van der Waals surface area (Å²) in [5.74, 6) is -1.65. The van der Waals surface area contributed by atoms with Gasteiger partial charge in [-0.2, -0.15) is 13.2 Å². The normalized spacial score (nSPS) is 11.2. The van der Waals surface area contributed by atoms with E-state index in [0.717, 1.165) is 30.2 Å². The topological polar surface area (TPSA) is 97.1 Å². The second-order valence-electron chi connectivity index (χ2n) is 6.47. The van der Waals surface area contributed by atoms with Gasteiger partial charge in [-0.3, -0.25) is 14.6 Å². The number of alkyl halides is 3. The molecular formula is C20H17F3N4O3. The number of hydrogen-bond donors (Lipinski definition) is 2. The molecule has 30 heavy (non-hydrogen) atoms. The number of oxazole rings is 1. The molecule has 0 aliphatic carbocycles. The zero-order valence-corrected chi connectivity index (χ0v) is 16.0. The first kappa shape index (κ1) is 21.0. The molecule has 0 saturated carbocycles. The molecule has 0 bridgehead atoms. The number of halogens is 3. The van der Waals surface area contributed by atoms with Crippen molar-refractivity contribution >= 4 is 17.5 Å². The molecule has 1 aromatic carbocycles. The minimum atomic E-state index is -4.71. The van der Waals surface area contributed by atoms with Gasteiger partial charge in [0.15, 0.2) is 6.39 Å². The van der Waals surface area contributed by atoms with Gasteiger partial charge in [0.05, 0.1) is 23.5 Å². The fourth-order valence-corrected chi connectivity index (χ4v) is 2.67. The molecule has 2 N–H and O–H groups in total. The number of carbonyl (C=O) groups is 2. The number of anilines is 1. The van der Waals surface area contributed by atoms with Crippen molar-refractivity contribution in [1.29, 1.82) is 0 Å². The van der Waals surface area contributed by atoms with E-state index in [9.17, 15) is 22.8 Å². The molecule has 0 unspecified atom stereocenters. The van der Waals surface area contributed by atoms with Gasteiger partial charge in [-0.25, -0.2) is 4.98 Å². The number of rotatable bonds is 5. The van der Waals surface area contributed by atoms with Crippen molar-refractivity contribution in [3.63, 3.8) is 0 Å². The van der Waals surface area contributed by atoms with Gasteiger partial charge in [-0.1, -0.05) is 6.07 Å². The summed E-state index contributed by atoms with van der Waals surface area (Å²) >= 11 is 0. The molecule has 3 rings (SSSR count). The molecule has 2 heterocycles. The van der Waals surface area contributed by atoms with E-state index in [-0.39, 0.29) is 29.2 Å². The highest BCUT2D eigenvalue weighted by molar-refractivity contribution is 6.04. The second-order valence-corrected chi connectivity index (χ2v) is 6.47. The maximum absolute atomic E-state index is 13.3. The highest BCUT2D eigenvalue weighted by atomic mass is 19.4. The molecule has 3 aromatic rings. The van der Waals surface area contributed by atoms with Crippen LogP contribution in [0, 0.1) is 13.8 Å². The number of hydrogen-bond acceptors (Lipinski definition) is 5. The summed E-state index contributed by atoms with van der Waals surface area (Å²) in [7, 11) is 0. The third-order valence-corrected chi connectivity index (χ3v) is 4.27. The van der Waals surface area contributed by atoms with Crippen LogP contribution in [0.2, 0.25) is 0 Å². The third kappa shape index (κ3) is 4.83. The fourth-order valence-electron chi connectivity index (χ4n) is 2.67. The molecular weight excluding hydrogens is 401 g/mol.